The van der Waals surface area contributed by atoms with E-state index in [1.165, 1.54) is 44.6 Å². The van der Waals surface area contributed by atoms with Crippen LogP contribution in [0.3, 0.4) is 0 Å². The topological polar surface area (TPSA) is 146 Å². The van der Waals surface area contributed by atoms with Gasteiger partial charge in [0.2, 0.25) is 11.6 Å². The van der Waals surface area contributed by atoms with Gasteiger partial charge in [0.15, 0.2) is 0 Å². The molecule has 0 saturated heterocycles. The highest BCUT2D eigenvalue weighted by molar-refractivity contribution is 6.42. The number of ether oxygens (including phenoxy) is 2. The zero-order valence-electron chi connectivity index (χ0n) is 17.1. The van der Waals surface area contributed by atoms with Crippen LogP contribution in [-0.2, 0) is 9.47 Å². The number of methoxy groups -OCH3 is 2. The third-order valence-corrected chi connectivity index (χ3v) is 4.96. The lowest BCUT2D eigenvalue weighted by Crippen LogP contribution is -2.09. The van der Waals surface area contributed by atoms with Gasteiger partial charge in [0.05, 0.1) is 40.3 Å². The van der Waals surface area contributed by atoms with Crippen LogP contribution in [0.5, 0.6) is 0 Å². The Morgan fingerprint density at radius 1 is 0.879 bits per heavy atom. The Balaban J connectivity index is 2.04. The molecule has 13 heteroatoms. The van der Waals surface area contributed by atoms with Crippen molar-refractivity contribution < 1.29 is 24.0 Å². The van der Waals surface area contributed by atoms with Crippen LogP contribution in [0.2, 0.25) is 10.0 Å². The molecule has 3 rings (SSSR count). The maximum Gasteiger partial charge on any atom is 0.353 e. The molecule has 0 bridgehead atoms. The van der Waals surface area contributed by atoms with E-state index >= 15 is 0 Å². The standard InChI is InChI=1S/C20H15Cl2N5O6/c1-32-19(28)10-5-11(20(29)33-2)7-13(6-10)26-18-16(27(30)31)17(23-9-24-18)25-12-3-4-14(21)15(22)8-12/h3-9H,1-2H3,(H2,23,24,25,26). The number of nitrogens with one attached hydrogen (secondary N) is 2. The van der Waals surface area contributed by atoms with E-state index in [2.05, 4.69) is 20.6 Å². The van der Waals surface area contributed by atoms with E-state index in [9.17, 15) is 19.7 Å². The number of rotatable bonds is 7. The lowest BCUT2D eigenvalue weighted by atomic mass is 10.1. The molecule has 33 heavy (non-hydrogen) atoms. The molecule has 0 atom stereocenters. The van der Waals surface area contributed by atoms with E-state index < -0.39 is 22.5 Å². The average Bonchev–Trinajstić information content (AvgIpc) is 2.80. The summed E-state index contributed by atoms with van der Waals surface area (Å²) in [5.74, 6) is -1.77. The van der Waals surface area contributed by atoms with E-state index in [1.807, 2.05) is 0 Å². The van der Waals surface area contributed by atoms with E-state index in [1.54, 1.807) is 6.07 Å². The maximum absolute atomic E-state index is 12.0. The van der Waals surface area contributed by atoms with Crippen molar-refractivity contribution >= 4 is 63.8 Å². The third-order valence-electron chi connectivity index (χ3n) is 4.23. The molecule has 1 heterocycles. The van der Waals surface area contributed by atoms with Gasteiger partial charge in [-0.15, -0.1) is 0 Å². The predicted octanol–water partition coefficient (Wildman–Crippen LogP) is 4.75. The van der Waals surface area contributed by atoms with Crippen molar-refractivity contribution in [3.63, 3.8) is 0 Å². The van der Waals surface area contributed by atoms with Gasteiger partial charge in [0, 0.05) is 11.4 Å². The molecule has 0 aliphatic carbocycles. The number of benzene rings is 2. The lowest BCUT2D eigenvalue weighted by Gasteiger charge is -2.12. The summed E-state index contributed by atoms with van der Waals surface area (Å²) in [6.07, 6.45) is 1.10. The quantitative estimate of drug-likeness (QED) is 0.269. The largest absolute Gasteiger partial charge is 0.465 e. The minimum atomic E-state index is -0.719. The second-order valence-corrected chi connectivity index (χ2v) is 7.15. The number of esters is 2. The van der Waals surface area contributed by atoms with Crippen LogP contribution in [0, 0.1) is 10.1 Å². The maximum atomic E-state index is 12.0. The minimum absolute atomic E-state index is 0.0220. The van der Waals surface area contributed by atoms with Crippen LogP contribution in [0.1, 0.15) is 20.7 Å². The zero-order chi connectivity index (χ0) is 24.1. The summed E-state index contributed by atoms with van der Waals surface area (Å²) in [7, 11) is 2.35. The van der Waals surface area contributed by atoms with Crippen LogP contribution < -0.4 is 10.6 Å². The van der Waals surface area contributed by atoms with Crippen LogP contribution in [0.4, 0.5) is 28.7 Å². The summed E-state index contributed by atoms with van der Waals surface area (Å²) >= 11 is 11.9. The first-order valence-corrected chi connectivity index (χ1v) is 9.79. The average molecular weight is 492 g/mol. The van der Waals surface area contributed by atoms with Crippen molar-refractivity contribution in [2.75, 3.05) is 24.9 Å². The summed E-state index contributed by atoms with van der Waals surface area (Å²) in [5.41, 5.74) is 0.104. The van der Waals surface area contributed by atoms with Crippen LogP contribution in [0.25, 0.3) is 0 Å². The first-order valence-electron chi connectivity index (χ1n) is 9.03. The molecule has 0 saturated carbocycles. The van der Waals surface area contributed by atoms with Crippen LogP contribution in [-0.4, -0.2) is 41.0 Å². The van der Waals surface area contributed by atoms with Gasteiger partial charge in [-0.3, -0.25) is 10.1 Å². The molecule has 0 unspecified atom stereocenters. The SMILES string of the molecule is COC(=O)c1cc(Nc2ncnc(Nc3ccc(Cl)c(Cl)c3)c2[N+](=O)[O-])cc(C(=O)OC)c1. The summed E-state index contributed by atoms with van der Waals surface area (Å²) in [6, 6.07) is 8.52. The van der Waals surface area contributed by atoms with E-state index in [-0.39, 0.29) is 33.5 Å². The van der Waals surface area contributed by atoms with Gasteiger partial charge in [-0.05, 0) is 36.4 Å². The number of anilines is 4. The molecule has 2 aromatic carbocycles. The fourth-order valence-electron chi connectivity index (χ4n) is 2.75. The predicted molar refractivity (Wildman–Crippen MR) is 121 cm³/mol. The fourth-order valence-corrected chi connectivity index (χ4v) is 3.05. The molecule has 2 N–H and O–H groups in total. The number of carbonyl (C=O) groups is 2. The Labute approximate surface area is 196 Å². The van der Waals surface area contributed by atoms with Gasteiger partial charge < -0.3 is 20.1 Å². The molecular weight excluding hydrogens is 477 g/mol. The van der Waals surface area contributed by atoms with Crippen molar-refractivity contribution in [3.8, 4) is 0 Å². The highest BCUT2D eigenvalue weighted by atomic mass is 35.5. The van der Waals surface area contributed by atoms with E-state index in [0.717, 1.165) is 6.33 Å². The monoisotopic (exact) mass is 491 g/mol. The molecule has 0 spiro atoms. The number of hydrogen-bond donors (Lipinski definition) is 2. The van der Waals surface area contributed by atoms with Crippen LogP contribution >= 0.6 is 23.2 Å². The Kier molecular flexibility index (Phi) is 7.26. The van der Waals surface area contributed by atoms with Crippen molar-refractivity contribution in [2.24, 2.45) is 0 Å². The second-order valence-electron chi connectivity index (χ2n) is 6.34. The summed E-state index contributed by atoms with van der Waals surface area (Å²) in [4.78, 5) is 43.0. The number of aromatic nitrogens is 2. The summed E-state index contributed by atoms with van der Waals surface area (Å²) < 4.78 is 9.38. The van der Waals surface area contributed by atoms with Gasteiger partial charge in [-0.1, -0.05) is 23.2 Å². The Morgan fingerprint density at radius 2 is 1.42 bits per heavy atom. The molecular formula is C20H15Cl2N5O6. The first kappa shape index (κ1) is 23.7. The van der Waals surface area contributed by atoms with Crippen molar-refractivity contribution in [1.29, 1.82) is 0 Å². The highest BCUT2D eigenvalue weighted by Gasteiger charge is 2.24. The van der Waals surface area contributed by atoms with E-state index in [0.29, 0.717) is 10.7 Å². The van der Waals surface area contributed by atoms with Crippen molar-refractivity contribution in [2.45, 2.75) is 0 Å². The normalized spacial score (nSPS) is 10.3. The van der Waals surface area contributed by atoms with E-state index in [4.69, 9.17) is 32.7 Å². The number of hydrogen-bond acceptors (Lipinski definition) is 10. The number of nitrogens with zero attached hydrogens (tertiary/aromatic N) is 3. The lowest BCUT2D eigenvalue weighted by molar-refractivity contribution is -0.383. The highest BCUT2D eigenvalue weighted by Crippen LogP contribution is 2.34. The Hall–Kier alpha value is -3.96. The van der Waals surface area contributed by atoms with Gasteiger partial charge in [-0.2, -0.15) is 0 Å². The molecule has 1 aromatic heterocycles. The Morgan fingerprint density at radius 3 is 1.91 bits per heavy atom. The molecule has 11 nitrogen and oxygen atoms in total. The molecule has 170 valence electrons. The van der Waals surface area contributed by atoms with Crippen LogP contribution in [0.15, 0.2) is 42.7 Å². The summed E-state index contributed by atoms with van der Waals surface area (Å²) in [6.45, 7) is 0. The van der Waals surface area contributed by atoms with Crippen molar-refractivity contribution in [3.05, 3.63) is 74.0 Å². The number of nitro groups is 1. The molecule has 0 fully saturated rings. The number of carbonyl (C=O) groups excluding carboxylic acids is 2. The number of halogens is 2. The molecule has 0 radical (unpaired) electrons. The smallest absolute Gasteiger partial charge is 0.353 e. The zero-order valence-corrected chi connectivity index (χ0v) is 18.6. The van der Waals surface area contributed by atoms with Gasteiger partial charge in [0.25, 0.3) is 0 Å². The van der Waals surface area contributed by atoms with Gasteiger partial charge >= 0.3 is 17.6 Å². The first-order chi connectivity index (χ1) is 15.7. The summed E-state index contributed by atoms with van der Waals surface area (Å²) in [5, 5.41) is 17.9. The molecule has 3 aromatic rings. The minimum Gasteiger partial charge on any atom is -0.465 e. The second kappa shape index (κ2) is 10.1. The molecule has 0 amide bonds. The Bertz CT molecular complexity index is 1220. The van der Waals surface area contributed by atoms with Gasteiger partial charge in [0.1, 0.15) is 6.33 Å². The van der Waals surface area contributed by atoms with Crippen molar-refractivity contribution in [1.82, 2.24) is 9.97 Å². The molecule has 0 aliphatic heterocycles. The third kappa shape index (κ3) is 5.45. The fraction of sp³-hybridized carbons (Fsp3) is 0.100. The molecule has 0 aliphatic rings. The van der Waals surface area contributed by atoms with Gasteiger partial charge in [-0.25, -0.2) is 19.6 Å².